The van der Waals surface area contributed by atoms with Gasteiger partial charge in [0.15, 0.2) is 0 Å². The molecule has 0 aromatic carbocycles. The summed E-state index contributed by atoms with van der Waals surface area (Å²) in [5.74, 6) is -3.19. The van der Waals surface area contributed by atoms with Crippen molar-refractivity contribution in [2.24, 2.45) is 0 Å². The second-order valence-corrected chi connectivity index (χ2v) is 7.04. The van der Waals surface area contributed by atoms with Crippen molar-refractivity contribution in [3.63, 3.8) is 0 Å². The number of hydrogen-bond acceptors (Lipinski definition) is 5. The molecule has 4 rings (SSSR count). The number of thiophene rings is 1. The first kappa shape index (κ1) is 15.1. The van der Waals surface area contributed by atoms with E-state index in [-0.39, 0.29) is 18.9 Å². The fourth-order valence-corrected chi connectivity index (χ4v) is 4.56. The first-order valence-corrected chi connectivity index (χ1v) is 8.25. The van der Waals surface area contributed by atoms with Crippen molar-refractivity contribution < 1.29 is 13.6 Å². The highest BCUT2D eigenvalue weighted by molar-refractivity contribution is 7.18. The van der Waals surface area contributed by atoms with E-state index in [1.165, 1.54) is 11.3 Å². The summed E-state index contributed by atoms with van der Waals surface area (Å²) in [6.07, 6.45) is 2.89. The number of aromatic amines is 1. The Bertz CT molecular complexity index is 839. The Hall–Kier alpha value is -2.47. The number of carbonyl (C=O) groups excluding carboxylic acids is 1. The Morgan fingerprint density at radius 3 is 3.04 bits per heavy atom. The minimum atomic E-state index is -2.88. The summed E-state index contributed by atoms with van der Waals surface area (Å²) in [6, 6.07) is 1.54. The smallest absolute Gasteiger partial charge is 0.269 e. The summed E-state index contributed by atoms with van der Waals surface area (Å²) in [5, 5.41) is 18.2. The Balaban J connectivity index is 1.87. The molecule has 2 aliphatic rings. The molecule has 4 heterocycles. The molecule has 2 aromatic rings. The lowest BCUT2D eigenvalue weighted by atomic mass is 9.97. The highest BCUT2D eigenvalue weighted by Gasteiger charge is 2.44. The van der Waals surface area contributed by atoms with Gasteiger partial charge in [0, 0.05) is 35.2 Å². The second kappa shape index (κ2) is 5.27. The quantitative estimate of drug-likeness (QED) is 0.870. The van der Waals surface area contributed by atoms with Gasteiger partial charge in [-0.25, -0.2) is 8.78 Å². The van der Waals surface area contributed by atoms with E-state index in [2.05, 4.69) is 15.5 Å². The van der Waals surface area contributed by atoms with Crippen LogP contribution in [0.1, 0.15) is 21.7 Å². The number of alkyl halides is 2. The minimum Gasteiger partial charge on any atom is -0.362 e. The normalized spacial score (nSPS) is 21.6. The summed E-state index contributed by atoms with van der Waals surface area (Å²) in [4.78, 5) is 15.1. The van der Waals surface area contributed by atoms with Gasteiger partial charge in [0.2, 0.25) is 0 Å². The number of nitrogens with one attached hydrogen (secondary N) is 2. The zero-order valence-electron chi connectivity index (χ0n) is 12.5. The molecule has 124 valence electrons. The number of nitriles is 1. The third-order valence-corrected chi connectivity index (χ3v) is 5.50. The van der Waals surface area contributed by atoms with Gasteiger partial charge < -0.3 is 10.2 Å². The molecule has 0 saturated carbocycles. The van der Waals surface area contributed by atoms with Gasteiger partial charge in [0.1, 0.15) is 4.88 Å². The fraction of sp³-hybridized carbons (Fsp3) is 0.400. The van der Waals surface area contributed by atoms with Crippen LogP contribution in [-0.4, -0.2) is 41.2 Å². The average molecular weight is 349 g/mol. The van der Waals surface area contributed by atoms with Crippen molar-refractivity contribution in [3.05, 3.63) is 22.8 Å². The number of H-pyrrole nitrogens is 1. The van der Waals surface area contributed by atoms with E-state index in [4.69, 9.17) is 5.26 Å². The molecule has 0 spiro atoms. The molecule has 6 nitrogen and oxygen atoms in total. The topological polar surface area (TPSA) is 84.8 Å². The van der Waals surface area contributed by atoms with Crippen LogP contribution in [0.25, 0.3) is 10.4 Å². The number of aromatic nitrogens is 2. The van der Waals surface area contributed by atoms with Crippen molar-refractivity contribution in [2.45, 2.75) is 24.8 Å². The maximum atomic E-state index is 14.3. The molecule has 0 saturated heterocycles. The van der Waals surface area contributed by atoms with Crippen LogP contribution in [0.15, 0.2) is 12.4 Å². The van der Waals surface area contributed by atoms with Crippen LogP contribution in [0.5, 0.6) is 0 Å². The number of halogens is 2. The van der Waals surface area contributed by atoms with Crippen molar-refractivity contribution >= 4 is 22.9 Å². The van der Waals surface area contributed by atoms with E-state index in [9.17, 15) is 13.6 Å². The van der Waals surface area contributed by atoms with E-state index in [1.54, 1.807) is 17.3 Å². The van der Waals surface area contributed by atoms with Gasteiger partial charge in [-0.3, -0.25) is 9.89 Å². The highest BCUT2D eigenvalue weighted by atomic mass is 32.1. The van der Waals surface area contributed by atoms with Crippen LogP contribution in [0, 0.1) is 11.3 Å². The third kappa shape index (κ3) is 2.34. The van der Waals surface area contributed by atoms with Crippen molar-refractivity contribution in [2.75, 3.05) is 18.0 Å². The van der Waals surface area contributed by atoms with Crippen LogP contribution >= 0.6 is 11.3 Å². The lowest BCUT2D eigenvalue weighted by molar-refractivity contribution is 0.00548. The molecule has 1 amide bonds. The Labute approximate surface area is 140 Å². The summed E-state index contributed by atoms with van der Waals surface area (Å²) < 4.78 is 28.6. The largest absolute Gasteiger partial charge is 0.362 e. The van der Waals surface area contributed by atoms with Gasteiger partial charge in [0.25, 0.3) is 11.8 Å². The van der Waals surface area contributed by atoms with E-state index >= 15 is 0 Å². The molecule has 2 aliphatic heterocycles. The van der Waals surface area contributed by atoms with Crippen LogP contribution in [-0.2, 0) is 6.42 Å². The van der Waals surface area contributed by atoms with Gasteiger partial charge in [0.05, 0.1) is 37.0 Å². The van der Waals surface area contributed by atoms with Gasteiger partial charge in [-0.2, -0.15) is 10.4 Å². The van der Waals surface area contributed by atoms with Gasteiger partial charge in [-0.15, -0.1) is 11.3 Å². The van der Waals surface area contributed by atoms with Crippen LogP contribution in [0.3, 0.4) is 0 Å². The lowest BCUT2D eigenvalue weighted by Gasteiger charge is -2.35. The van der Waals surface area contributed by atoms with Crippen molar-refractivity contribution in [3.8, 4) is 16.5 Å². The SMILES string of the molecule is N#CC[C@@H]1CN2CC(F)(F)Cc3c(-c4cn[nH]c4)sc(c32)C(=O)N1. The van der Waals surface area contributed by atoms with Crippen molar-refractivity contribution in [1.82, 2.24) is 15.5 Å². The summed E-state index contributed by atoms with van der Waals surface area (Å²) >= 11 is 1.20. The zero-order valence-corrected chi connectivity index (χ0v) is 13.3. The number of carbonyl (C=O) groups is 1. The summed E-state index contributed by atoms with van der Waals surface area (Å²) in [5.41, 5.74) is 1.77. The number of hydrogen-bond donors (Lipinski definition) is 2. The number of rotatable bonds is 2. The van der Waals surface area contributed by atoms with E-state index < -0.39 is 24.9 Å². The fourth-order valence-electron chi connectivity index (χ4n) is 3.33. The minimum absolute atomic E-state index is 0.0900. The molecule has 0 fully saturated rings. The van der Waals surface area contributed by atoms with E-state index in [0.717, 1.165) is 0 Å². The standard InChI is InChI=1S/C15H13F2N5OS/c16-15(17)3-10-11-13(24-12(10)8-4-19-20-5-8)14(23)21-9(1-2-18)6-22(11)7-15/h4-5,9H,1,3,6-7H2,(H,19,20)(H,21,23)/t9-/m1/s1. The maximum Gasteiger partial charge on any atom is 0.269 e. The molecule has 24 heavy (non-hydrogen) atoms. The molecule has 0 aliphatic carbocycles. The first-order chi connectivity index (χ1) is 11.5. The van der Waals surface area contributed by atoms with Gasteiger partial charge in [-0.05, 0) is 0 Å². The highest BCUT2D eigenvalue weighted by Crippen LogP contribution is 2.48. The Morgan fingerprint density at radius 1 is 1.50 bits per heavy atom. The number of amides is 1. The van der Waals surface area contributed by atoms with Crippen LogP contribution in [0.4, 0.5) is 14.5 Å². The van der Waals surface area contributed by atoms with E-state index in [0.29, 0.717) is 26.6 Å². The van der Waals surface area contributed by atoms with Gasteiger partial charge >= 0.3 is 0 Å². The zero-order chi connectivity index (χ0) is 16.9. The number of anilines is 1. The maximum absolute atomic E-state index is 14.3. The average Bonchev–Trinajstić information content (AvgIpc) is 3.10. The Kier molecular flexibility index (Phi) is 3.31. The van der Waals surface area contributed by atoms with E-state index in [1.807, 2.05) is 6.07 Å². The summed E-state index contributed by atoms with van der Waals surface area (Å²) in [7, 11) is 0. The number of nitrogens with zero attached hydrogens (tertiary/aromatic N) is 3. The lowest BCUT2D eigenvalue weighted by Crippen LogP contribution is -2.47. The molecule has 1 atom stereocenters. The molecule has 2 aromatic heterocycles. The molecule has 9 heteroatoms. The predicted octanol–water partition coefficient (Wildman–Crippen LogP) is 2.16. The van der Waals surface area contributed by atoms with Crippen LogP contribution in [0.2, 0.25) is 0 Å². The Morgan fingerprint density at radius 2 is 2.33 bits per heavy atom. The summed E-state index contributed by atoms with van der Waals surface area (Å²) in [6.45, 7) is -0.234. The first-order valence-electron chi connectivity index (χ1n) is 7.44. The molecule has 0 radical (unpaired) electrons. The molecule has 0 unspecified atom stereocenters. The second-order valence-electron chi connectivity index (χ2n) is 6.02. The third-order valence-electron chi connectivity index (χ3n) is 4.23. The predicted molar refractivity (Wildman–Crippen MR) is 84.2 cm³/mol. The molecule has 0 bridgehead atoms. The van der Waals surface area contributed by atoms with Crippen molar-refractivity contribution in [1.29, 1.82) is 5.26 Å². The molecular weight excluding hydrogens is 336 g/mol. The monoisotopic (exact) mass is 349 g/mol. The van der Waals surface area contributed by atoms with Crippen LogP contribution < -0.4 is 10.2 Å². The van der Waals surface area contributed by atoms with Gasteiger partial charge in [-0.1, -0.05) is 0 Å². The molecule has 2 N–H and O–H groups in total. The molecular formula is C15H13F2N5OS.